The summed E-state index contributed by atoms with van der Waals surface area (Å²) in [7, 11) is 3.61. The number of aliphatic hydroxyl groups excluding tert-OH is 1. The second-order valence-corrected chi connectivity index (χ2v) is 13.9. The summed E-state index contributed by atoms with van der Waals surface area (Å²) >= 11 is 0. The second-order valence-electron chi connectivity index (χ2n) is 13.9. The monoisotopic (exact) mass is 654 g/mol. The van der Waals surface area contributed by atoms with Crippen LogP contribution in [0, 0.1) is 30.1 Å². The van der Waals surface area contributed by atoms with E-state index < -0.39 is 95.3 Å². The van der Waals surface area contributed by atoms with Crippen LogP contribution in [0.1, 0.15) is 74.7 Å². The summed E-state index contributed by atoms with van der Waals surface area (Å²) in [6, 6.07) is -1.45. The van der Waals surface area contributed by atoms with Crippen molar-refractivity contribution in [2.45, 2.75) is 134 Å². The van der Waals surface area contributed by atoms with Crippen molar-refractivity contribution in [3.05, 3.63) is 0 Å². The second kappa shape index (κ2) is 14.2. The Labute approximate surface area is 271 Å². The highest BCUT2D eigenvalue weighted by molar-refractivity contribution is 6.00. The van der Waals surface area contributed by atoms with E-state index in [4.69, 9.17) is 30.1 Å². The molecule has 3 saturated heterocycles. The molecule has 0 radical (unpaired) electrons. The van der Waals surface area contributed by atoms with Crippen molar-refractivity contribution in [2.24, 2.45) is 17.8 Å². The Morgan fingerprint density at radius 3 is 2.30 bits per heavy atom. The molecule has 0 unspecified atom stereocenters. The minimum absolute atomic E-state index is 0.170. The molecule has 3 heterocycles. The number of fused-ring (bicyclic) bond motifs is 1. The zero-order chi connectivity index (χ0) is 34.9. The molecule has 3 fully saturated rings. The van der Waals surface area contributed by atoms with Crippen LogP contribution in [0.5, 0.6) is 0 Å². The van der Waals surface area contributed by atoms with Crippen molar-refractivity contribution in [3.8, 4) is 12.3 Å². The Morgan fingerprint density at radius 2 is 1.74 bits per heavy atom. The number of alkyl carbamates (subject to hydrolysis) is 1. The third kappa shape index (κ3) is 7.41. The van der Waals surface area contributed by atoms with Gasteiger partial charge < -0.3 is 39.0 Å². The molecule has 12 nitrogen and oxygen atoms in total. The molecule has 2 N–H and O–H groups in total. The molecule has 13 atom stereocenters. The van der Waals surface area contributed by atoms with Crippen molar-refractivity contribution in [1.82, 2.24) is 10.2 Å². The third-order valence-corrected chi connectivity index (χ3v) is 9.91. The minimum Gasteiger partial charge on any atom is -0.458 e. The number of alkyl halides is 1. The van der Waals surface area contributed by atoms with E-state index >= 15 is 4.39 Å². The Balaban J connectivity index is 2.19. The van der Waals surface area contributed by atoms with Gasteiger partial charge in [-0.2, -0.15) is 0 Å². The molecule has 13 heteroatoms. The average Bonchev–Trinajstić information content (AvgIpc) is 3.30. The first-order valence-corrected chi connectivity index (χ1v) is 15.9. The summed E-state index contributed by atoms with van der Waals surface area (Å²) in [6.07, 6.45) is -0.502. The number of terminal acetylenes is 1. The zero-order valence-corrected chi connectivity index (χ0v) is 28.6. The van der Waals surface area contributed by atoms with E-state index in [2.05, 4.69) is 11.2 Å². The van der Waals surface area contributed by atoms with Gasteiger partial charge in [0.05, 0.1) is 23.9 Å². The fourth-order valence-electron chi connectivity index (χ4n) is 7.36. The van der Waals surface area contributed by atoms with E-state index in [0.717, 1.165) is 6.92 Å². The predicted octanol–water partition coefficient (Wildman–Crippen LogP) is 2.57. The first-order chi connectivity index (χ1) is 21.2. The maximum atomic E-state index is 16.9. The molecule has 0 aromatic heterocycles. The van der Waals surface area contributed by atoms with E-state index in [1.165, 1.54) is 34.6 Å². The largest absolute Gasteiger partial charge is 0.458 e. The lowest BCUT2D eigenvalue weighted by molar-refractivity contribution is -0.297. The molecule has 0 aromatic rings. The van der Waals surface area contributed by atoms with Gasteiger partial charge in [0.2, 0.25) is 0 Å². The van der Waals surface area contributed by atoms with Gasteiger partial charge >= 0.3 is 12.1 Å². The summed E-state index contributed by atoms with van der Waals surface area (Å²) < 4.78 is 46.8. The van der Waals surface area contributed by atoms with Crippen molar-refractivity contribution in [3.63, 3.8) is 0 Å². The number of carbonyl (C=O) groups is 4. The van der Waals surface area contributed by atoms with Crippen LogP contribution in [0.4, 0.5) is 9.18 Å². The Kier molecular flexibility index (Phi) is 11.7. The van der Waals surface area contributed by atoms with Gasteiger partial charge in [-0.1, -0.05) is 26.7 Å². The highest BCUT2D eigenvalue weighted by atomic mass is 19.1. The molecule has 3 aliphatic heterocycles. The van der Waals surface area contributed by atoms with Crippen LogP contribution in [-0.4, -0.2) is 114 Å². The molecule has 0 spiro atoms. The van der Waals surface area contributed by atoms with Crippen molar-refractivity contribution < 1.29 is 52.4 Å². The SMILES string of the molecule is C#CCO[C@@]1(C)C[C@](C)(F)C(=O)[C@H](C)[C@@H]2NC(=O)O[C@]2(C)[C@@H](CC)OC(=O)[C@H](C)C(=O)[C@H](C)[C@H]1O[C@@H]1O[C@H](C)C[C@H](N(C)C)[C@H]1O. The standard InChI is InChI=1S/C33H51FN2O10/c1-12-14-42-32(8)16-31(7,34)26(39)20(6)25-33(9,46-30(41)35-25)22(13-2)44-28(40)19(5)23(37)18(4)27(32)45-29-24(38)21(36(10)11)15-17(3)43-29/h1,17-22,24-25,27,29,38H,13-16H2,2-11H3,(H,35,41)/t17-,18+,19-,20-,21+,22-,24-,25+,27-,29+,31+,32+,33-/m1/s1. The molecule has 3 aliphatic rings. The normalized spacial score (nSPS) is 44.4. The van der Waals surface area contributed by atoms with Crippen molar-refractivity contribution in [2.75, 3.05) is 20.7 Å². The van der Waals surface area contributed by atoms with Gasteiger partial charge in [0.1, 0.15) is 24.7 Å². The van der Waals surface area contributed by atoms with Crippen LogP contribution in [0.3, 0.4) is 0 Å². The van der Waals surface area contributed by atoms with Gasteiger partial charge in [0.25, 0.3) is 0 Å². The number of hydrogen-bond acceptors (Lipinski definition) is 11. The van der Waals surface area contributed by atoms with Crippen LogP contribution >= 0.6 is 0 Å². The molecular formula is C33H51FN2O10. The number of halogens is 1. The number of nitrogens with zero attached hydrogens (tertiary/aromatic N) is 1. The summed E-state index contributed by atoms with van der Waals surface area (Å²) in [5.74, 6) is -3.68. The number of carbonyl (C=O) groups excluding carboxylic acids is 4. The molecule has 1 amide bonds. The lowest BCUT2D eigenvalue weighted by atomic mass is 9.72. The van der Waals surface area contributed by atoms with Crippen LogP contribution in [-0.2, 0) is 38.1 Å². The number of esters is 1. The maximum Gasteiger partial charge on any atom is 0.408 e. The number of Topliss-reactive ketones (excluding diaryl/α,β-unsaturated/α-hetero) is 2. The van der Waals surface area contributed by atoms with Gasteiger partial charge in [-0.3, -0.25) is 14.4 Å². The molecule has 260 valence electrons. The topological polar surface area (TPSA) is 150 Å². The molecule has 0 aliphatic carbocycles. The maximum absolute atomic E-state index is 16.9. The average molecular weight is 655 g/mol. The van der Waals surface area contributed by atoms with E-state index in [-0.39, 0.29) is 25.2 Å². The highest BCUT2D eigenvalue weighted by Gasteiger charge is 2.59. The Hall–Kier alpha value is -2.63. The lowest BCUT2D eigenvalue weighted by Gasteiger charge is -2.47. The summed E-state index contributed by atoms with van der Waals surface area (Å²) in [6.45, 7) is 11.6. The van der Waals surface area contributed by atoms with Crippen molar-refractivity contribution >= 4 is 23.6 Å². The molecule has 3 rings (SSSR count). The molecule has 0 aromatic carbocycles. The molecule has 0 bridgehead atoms. The van der Waals surface area contributed by atoms with E-state index in [1.54, 1.807) is 21.0 Å². The molecule has 0 saturated carbocycles. The van der Waals surface area contributed by atoms with Crippen LogP contribution in [0.25, 0.3) is 0 Å². The summed E-state index contributed by atoms with van der Waals surface area (Å²) in [5, 5.41) is 13.9. The number of cyclic esters (lactones) is 1. The molecule has 46 heavy (non-hydrogen) atoms. The molecular weight excluding hydrogens is 603 g/mol. The Morgan fingerprint density at radius 1 is 1.11 bits per heavy atom. The zero-order valence-electron chi connectivity index (χ0n) is 28.6. The van der Waals surface area contributed by atoms with Crippen LogP contribution in [0.15, 0.2) is 0 Å². The number of amides is 1. The number of ether oxygens (including phenoxy) is 5. The highest BCUT2D eigenvalue weighted by Crippen LogP contribution is 2.42. The van der Waals surface area contributed by atoms with E-state index in [9.17, 15) is 24.3 Å². The van der Waals surface area contributed by atoms with Gasteiger partial charge in [-0.05, 0) is 61.6 Å². The first-order valence-electron chi connectivity index (χ1n) is 15.9. The Bertz CT molecular complexity index is 1210. The fourth-order valence-corrected chi connectivity index (χ4v) is 7.36. The smallest absolute Gasteiger partial charge is 0.408 e. The van der Waals surface area contributed by atoms with Gasteiger partial charge in [0, 0.05) is 24.3 Å². The number of likely N-dealkylation sites (N-methyl/N-ethyl adjacent to an activating group) is 1. The quantitative estimate of drug-likeness (QED) is 0.247. The number of aliphatic hydroxyl groups is 1. The fraction of sp³-hybridized carbons (Fsp3) is 0.818. The van der Waals surface area contributed by atoms with Crippen molar-refractivity contribution in [1.29, 1.82) is 0 Å². The van der Waals surface area contributed by atoms with Gasteiger partial charge in [-0.25, -0.2) is 9.18 Å². The first kappa shape index (κ1) is 37.8. The minimum atomic E-state index is -2.61. The number of ketones is 2. The lowest BCUT2D eigenvalue weighted by Crippen LogP contribution is -2.62. The number of hydrogen-bond donors (Lipinski definition) is 2. The van der Waals surface area contributed by atoms with Gasteiger partial charge in [0.15, 0.2) is 29.1 Å². The van der Waals surface area contributed by atoms with E-state index in [1.807, 2.05) is 11.8 Å². The van der Waals surface area contributed by atoms with Crippen LogP contribution in [0.2, 0.25) is 0 Å². The number of rotatable bonds is 6. The predicted molar refractivity (Wildman–Crippen MR) is 164 cm³/mol. The number of nitrogens with one attached hydrogen (secondary N) is 1. The summed E-state index contributed by atoms with van der Waals surface area (Å²) in [4.78, 5) is 55.9. The van der Waals surface area contributed by atoms with Gasteiger partial charge in [-0.15, -0.1) is 6.42 Å². The van der Waals surface area contributed by atoms with Crippen LogP contribution < -0.4 is 5.32 Å². The third-order valence-electron chi connectivity index (χ3n) is 9.91. The summed E-state index contributed by atoms with van der Waals surface area (Å²) in [5.41, 5.74) is -5.93. The van der Waals surface area contributed by atoms with E-state index in [0.29, 0.717) is 6.42 Å².